The SMILES string of the molecule is CC(C)C(=O)NC(C)C(=O)N1CCCCC1C(N)=O. The molecule has 2 unspecified atom stereocenters. The van der Waals surface area contributed by atoms with Crippen molar-refractivity contribution >= 4 is 17.7 Å². The van der Waals surface area contributed by atoms with Gasteiger partial charge in [0.2, 0.25) is 17.7 Å². The first-order chi connectivity index (χ1) is 8.84. The van der Waals surface area contributed by atoms with E-state index in [0.29, 0.717) is 13.0 Å². The van der Waals surface area contributed by atoms with E-state index in [0.717, 1.165) is 12.8 Å². The third-order valence-corrected chi connectivity index (χ3v) is 3.37. The van der Waals surface area contributed by atoms with E-state index in [2.05, 4.69) is 5.32 Å². The molecule has 3 amide bonds. The van der Waals surface area contributed by atoms with Crippen LogP contribution in [0.4, 0.5) is 0 Å². The predicted octanol–water partition coefficient (Wildman–Crippen LogP) is 0.0135. The number of nitrogens with zero attached hydrogens (tertiary/aromatic N) is 1. The molecule has 108 valence electrons. The molecule has 0 aromatic heterocycles. The van der Waals surface area contributed by atoms with Gasteiger partial charge in [-0.2, -0.15) is 0 Å². The zero-order chi connectivity index (χ0) is 14.6. The number of piperidine rings is 1. The molecule has 2 atom stereocenters. The van der Waals surface area contributed by atoms with Crippen LogP contribution in [0.5, 0.6) is 0 Å². The van der Waals surface area contributed by atoms with E-state index in [4.69, 9.17) is 5.73 Å². The fraction of sp³-hybridized carbons (Fsp3) is 0.769. The monoisotopic (exact) mass is 269 g/mol. The second kappa shape index (κ2) is 6.54. The third kappa shape index (κ3) is 3.94. The lowest BCUT2D eigenvalue weighted by Gasteiger charge is -2.35. The normalized spacial score (nSPS) is 21.1. The Kier molecular flexibility index (Phi) is 5.32. The lowest BCUT2D eigenvalue weighted by atomic mass is 10.0. The van der Waals surface area contributed by atoms with Crippen LogP contribution in [0.3, 0.4) is 0 Å². The Morgan fingerprint density at radius 3 is 2.37 bits per heavy atom. The van der Waals surface area contributed by atoms with Crippen molar-refractivity contribution in [2.45, 2.75) is 52.1 Å². The fourth-order valence-corrected chi connectivity index (χ4v) is 2.18. The van der Waals surface area contributed by atoms with Gasteiger partial charge in [0.05, 0.1) is 0 Å². The summed E-state index contributed by atoms with van der Waals surface area (Å²) >= 11 is 0. The summed E-state index contributed by atoms with van der Waals surface area (Å²) in [6, 6.07) is -1.17. The molecule has 0 aromatic rings. The van der Waals surface area contributed by atoms with Crippen LogP contribution in [-0.2, 0) is 14.4 Å². The van der Waals surface area contributed by atoms with Gasteiger partial charge in [-0.05, 0) is 26.2 Å². The number of carbonyl (C=O) groups excluding carboxylic acids is 3. The van der Waals surface area contributed by atoms with Gasteiger partial charge >= 0.3 is 0 Å². The molecule has 0 aromatic carbocycles. The Hall–Kier alpha value is -1.59. The maximum Gasteiger partial charge on any atom is 0.245 e. The minimum absolute atomic E-state index is 0.173. The van der Waals surface area contributed by atoms with Crippen molar-refractivity contribution < 1.29 is 14.4 Å². The van der Waals surface area contributed by atoms with E-state index in [-0.39, 0.29) is 17.7 Å². The quantitative estimate of drug-likeness (QED) is 0.753. The van der Waals surface area contributed by atoms with Gasteiger partial charge in [-0.1, -0.05) is 13.8 Å². The summed E-state index contributed by atoms with van der Waals surface area (Å²) in [5, 5.41) is 2.65. The second-order valence-electron chi connectivity index (χ2n) is 5.33. The van der Waals surface area contributed by atoms with Gasteiger partial charge in [0.15, 0.2) is 0 Å². The fourth-order valence-electron chi connectivity index (χ4n) is 2.18. The van der Waals surface area contributed by atoms with Gasteiger partial charge in [-0.25, -0.2) is 0 Å². The minimum atomic E-state index is -0.630. The Balaban J connectivity index is 2.68. The first-order valence-corrected chi connectivity index (χ1v) is 6.74. The van der Waals surface area contributed by atoms with Crippen molar-refractivity contribution in [3.63, 3.8) is 0 Å². The minimum Gasteiger partial charge on any atom is -0.368 e. The van der Waals surface area contributed by atoms with E-state index in [1.165, 1.54) is 4.90 Å². The average Bonchev–Trinajstić information content (AvgIpc) is 2.37. The Morgan fingerprint density at radius 1 is 1.21 bits per heavy atom. The molecule has 1 rings (SSSR count). The van der Waals surface area contributed by atoms with Crippen LogP contribution >= 0.6 is 0 Å². The molecule has 1 heterocycles. The maximum atomic E-state index is 12.3. The molecule has 0 aliphatic carbocycles. The van der Waals surface area contributed by atoms with E-state index >= 15 is 0 Å². The summed E-state index contributed by atoms with van der Waals surface area (Å²) in [6.07, 6.45) is 2.36. The number of nitrogens with one attached hydrogen (secondary N) is 1. The Labute approximate surface area is 113 Å². The third-order valence-electron chi connectivity index (χ3n) is 3.37. The topological polar surface area (TPSA) is 92.5 Å². The molecule has 1 fully saturated rings. The van der Waals surface area contributed by atoms with E-state index in [1.54, 1.807) is 20.8 Å². The largest absolute Gasteiger partial charge is 0.368 e. The van der Waals surface area contributed by atoms with Crippen LogP contribution in [0.15, 0.2) is 0 Å². The molecule has 0 radical (unpaired) electrons. The highest BCUT2D eigenvalue weighted by atomic mass is 16.2. The highest BCUT2D eigenvalue weighted by molar-refractivity contribution is 5.91. The van der Waals surface area contributed by atoms with Crippen molar-refractivity contribution in [1.82, 2.24) is 10.2 Å². The number of likely N-dealkylation sites (tertiary alicyclic amines) is 1. The summed E-state index contributed by atoms with van der Waals surface area (Å²) in [7, 11) is 0. The molecule has 6 nitrogen and oxygen atoms in total. The van der Waals surface area contributed by atoms with Crippen LogP contribution in [0.1, 0.15) is 40.0 Å². The van der Waals surface area contributed by atoms with Gasteiger partial charge in [-0.15, -0.1) is 0 Å². The predicted molar refractivity (Wildman–Crippen MR) is 71.0 cm³/mol. The number of amides is 3. The van der Waals surface area contributed by atoms with Crippen molar-refractivity contribution in [2.24, 2.45) is 11.7 Å². The zero-order valence-corrected chi connectivity index (χ0v) is 11.8. The van der Waals surface area contributed by atoms with E-state index < -0.39 is 18.0 Å². The molecule has 0 bridgehead atoms. The lowest BCUT2D eigenvalue weighted by Crippen LogP contribution is -2.56. The van der Waals surface area contributed by atoms with Gasteiger partial charge in [-0.3, -0.25) is 14.4 Å². The molecular weight excluding hydrogens is 246 g/mol. The molecule has 1 aliphatic rings. The van der Waals surface area contributed by atoms with Crippen LogP contribution in [0, 0.1) is 5.92 Å². The zero-order valence-electron chi connectivity index (χ0n) is 11.8. The van der Waals surface area contributed by atoms with Crippen molar-refractivity contribution in [3.05, 3.63) is 0 Å². The number of primary amides is 1. The van der Waals surface area contributed by atoms with Crippen LogP contribution in [0.25, 0.3) is 0 Å². The highest BCUT2D eigenvalue weighted by Gasteiger charge is 2.33. The van der Waals surface area contributed by atoms with Crippen molar-refractivity contribution in [3.8, 4) is 0 Å². The molecular formula is C13H23N3O3. The van der Waals surface area contributed by atoms with Gasteiger partial charge in [0, 0.05) is 12.5 Å². The summed E-state index contributed by atoms with van der Waals surface area (Å²) < 4.78 is 0. The first-order valence-electron chi connectivity index (χ1n) is 6.74. The summed E-state index contributed by atoms with van der Waals surface area (Å²) in [4.78, 5) is 36.7. The number of carbonyl (C=O) groups is 3. The molecule has 0 saturated carbocycles. The summed E-state index contributed by atoms with van der Waals surface area (Å²) in [5.41, 5.74) is 5.32. The maximum absolute atomic E-state index is 12.3. The molecule has 3 N–H and O–H groups in total. The molecule has 19 heavy (non-hydrogen) atoms. The van der Waals surface area contributed by atoms with Crippen LogP contribution in [-0.4, -0.2) is 41.2 Å². The average molecular weight is 269 g/mol. The number of rotatable bonds is 4. The van der Waals surface area contributed by atoms with E-state index in [1.807, 2.05) is 0 Å². The Bertz CT molecular complexity index is 368. The molecule has 6 heteroatoms. The van der Waals surface area contributed by atoms with Gasteiger partial charge < -0.3 is 16.0 Å². The van der Waals surface area contributed by atoms with Gasteiger partial charge in [0.25, 0.3) is 0 Å². The Morgan fingerprint density at radius 2 is 1.84 bits per heavy atom. The van der Waals surface area contributed by atoms with Crippen LogP contribution in [0.2, 0.25) is 0 Å². The smallest absolute Gasteiger partial charge is 0.245 e. The van der Waals surface area contributed by atoms with Crippen LogP contribution < -0.4 is 11.1 Å². The summed E-state index contributed by atoms with van der Waals surface area (Å²) in [6.45, 7) is 5.68. The number of hydrogen-bond donors (Lipinski definition) is 2. The second-order valence-corrected chi connectivity index (χ2v) is 5.33. The van der Waals surface area contributed by atoms with Crippen molar-refractivity contribution in [2.75, 3.05) is 6.54 Å². The summed E-state index contributed by atoms with van der Waals surface area (Å²) in [5.74, 6) is -1.06. The van der Waals surface area contributed by atoms with E-state index in [9.17, 15) is 14.4 Å². The number of hydrogen-bond acceptors (Lipinski definition) is 3. The van der Waals surface area contributed by atoms with Crippen molar-refractivity contribution in [1.29, 1.82) is 0 Å². The number of nitrogens with two attached hydrogens (primary N) is 1. The molecule has 0 spiro atoms. The lowest BCUT2D eigenvalue weighted by molar-refractivity contribution is -0.143. The molecule has 1 saturated heterocycles. The first kappa shape index (κ1) is 15.5. The van der Waals surface area contributed by atoms with Gasteiger partial charge in [0.1, 0.15) is 12.1 Å². The highest BCUT2D eigenvalue weighted by Crippen LogP contribution is 2.17. The molecule has 1 aliphatic heterocycles. The standard InChI is InChI=1S/C13H23N3O3/c1-8(2)12(18)15-9(3)13(19)16-7-5-4-6-10(16)11(14)17/h8-10H,4-7H2,1-3H3,(H2,14,17)(H,15,18).